The lowest BCUT2D eigenvalue weighted by Gasteiger charge is -2.26. The van der Waals surface area contributed by atoms with Crippen molar-refractivity contribution in [3.63, 3.8) is 0 Å². The number of benzene rings is 1. The van der Waals surface area contributed by atoms with Crippen LogP contribution in [0, 0.1) is 6.92 Å². The number of ether oxygens (including phenoxy) is 1. The number of amides is 1. The first-order valence-electron chi connectivity index (χ1n) is 9.88. The number of aromatic nitrogens is 4. The topological polar surface area (TPSA) is 84.0 Å². The SMILES string of the molecule is Cc1csc(-c2nc(CCC(=O)N3CCOCC3)[nH]c2-c2ccc3ncsc3c2)n1. The summed E-state index contributed by atoms with van der Waals surface area (Å²) in [5.41, 5.74) is 6.65. The molecule has 30 heavy (non-hydrogen) atoms. The van der Waals surface area contributed by atoms with E-state index >= 15 is 0 Å². The molecule has 1 aliphatic rings. The van der Waals surface area contributed by atoms with Crippen LogP contribution in [-0.2, 0) is 16.0 Å². The van der Waals surface area contributed by atoms with E-state index in [1.54, 1.807) is 22.7 Å². The molecule has 4 heterocycles. The Labute approximate surface area is 181 Å². The molecule has 0 aliphatic carbocycles. The molecule has 0 bridgehead atoms. The van der Waals surface area contributed by atoms with Crippen molar-refractivity contribution in [1.82, 2.24) is 24.8 Å². The standard InChI is InChI=1S/C21H21N5O2S2/c1-13-11-29-21(23-13)20-19(14-2-3-15-16(10-14)30-12-22-15)24-17(25-20)4-5-18(27)26-6-8-28-9-7-26/h2-3,10-12H,4-9H2,1H3,(H,24,25). The first-order chi connectivity index (χ1) is 14.7. The fourth-order valence-electron chi connectivity index (χ4n) is 3.57. The van der Waals surface area contributed by atoms with Crippen LogP contribution in [0.25, 0.3) is 32.2 Å². The minimum atomic E-state index is 0.147. The normalized spacial score (nSPS) is 14.5. The van der Waals surface area contributed by atoms with E-state index in [0.717, 1.165) is 43.7 Å². The van der Waals surface area contributed by atoms with Gasteiger partial charge in [-0.1, -0.05) is 6.07 Å². The molecule has 0 atom stereocenters. The second-order valence-electron chi connectivity index (χ2n) is 7.23. The highest BCUT2D eigenvalue weighted by atomic mass is 32.1. The number of rotatable bonds is 5. The maximum absolute atomic E-state index is 12.5. The van der Waals surface area contributed by atoms with Crippen LogP contribution < -0.4 is 0 Å². The summed E-state index contributed by atoms with van der Waals surface area (Å²) in [5, 5.41) is 2.91. The van der Waals surface area contributed by atoms with Crippen LogP contribution in [0.15, 0.2) is 29.1 Å². The average Bonchev–Trinajstić information content (AvgIpc) is 3.51. The Morgan fingerprint density at radius 2 is 2.10 bits per heavy atom. The Kier molecular flexibility index (Phi) is 5.32. The number of thiazole rings is 2. The number of hydrogen-bond donors (Lipinski definition) is 1. The van der Waals surface area contributed by atoms with Crippen LogP contribution in [0.5, 0.6) is 0 Å². The Balaban J connectivity index is 1.44. The summed E-state index contributed by atoms with van der Waals surface area (Å²) in [6.07, 6.45) is 0.994. The number of aryl methyl sites for hydroxylation is 2. The summed E-state index contributed by atoms with van der Waals surface area (Å²) in [7, 11) is 0. The zero-order valence-corrected chi connectivity index (χ0v) is 18.2. The number of carbonyl (C=O) groups is 1. The number of hydrogen-bond acceptors (Lipinski definition) is 7. The molecular formula is C21H21N5O2S2. The predicted molar refractivity (Wildman–Crippen MR) is 119 cm³/mol. The van der Waals surface area contributed by atoms with Crippen molar-refractivity contribution in [3.05, 3.63) is 40.6 Å². The molecule has 1 saturated heterocycles. The van der Waals surface area contributed by atoms with Crippen LogP contribution in [0.4, 0.5) is 0 Å². The molecule has 0 radical (unpaired) electrons. The van der Waals surface area contributed by atoms with Gasteiger partial charge in [0.25, 0.3) is 0 Å². The Morgan fingerprint density at radius 3 is 2.90 bits per heavy atom. The molecule has 154 valence electrons. The van der Waals surface area contributed by atoms with E-state index in [1.807, 2.05) is 28.8 Å². The molecule has 5 rings (SSSR count). The van der Waals surface area contributed by atoms with Crippen LogP contribution in [0.2, 0.25) is 0 Å². The number of aromatic amines is 1. The molecule has 3 aromatic heterocycles. The third kappa shape index (κ3) is 3.88. The summed E-state index contributed by atoms with van der Waals surface area (Å²) in [5.74, 6) is 0.952. The van der Waals surface area contributed by atoms with Crippen LogP contribution >= 0.6 is 22.7 Å². The molecule has 1 aliphatic heterocycles. The second-order valence-corrected chi connectivity index (χ2v) is 8.97. The van der Waals surface area contributed by atoms with Crippen molar-refractivity contribution >= 4 is 38.8 Å². The van der Waals surface area contributed by atoms with Crippen molar-refractivity contribution in [1.29, 1.82) is 0 Å². The molecule has 1 aromatic carbocycles. The van der Waals surface area contributed by atoms with E-state index in [9.17, 15) is 4.79 Å². The molecule has 1 amide bonds. The summed E-state index contributed by atoms with van der Waals surface area (Å²) in [4.78, 5) is 31.7. The highest BCUT2D eigenvalue weighted by Crippen LogP contribution is 2.34. The Bertz CT molecular complexity index is 1190. The molecule has 7 nitrogen and oxygen atoms in total. The van der Waals surface area contributed by atoms with Crippen LogP contribution in [0.1, 0.15) is 17.9 Å². The fraction of sp³-hybridized carbons (Fsp3) is 0.333. The van der Waals surface area contributed by atoms with Gasteiger partial charge in [-0.05, 0) is 19.1 Å². The largest absolute Gasteiger partial charge is 0.378 e. The molecule has 9 heteroatoms. The number of H-pyrrole nitrogens is 1. The van der Waals surface area contributed by atoms with E-state index in [1.165, 1.54) is 0 Å². The monoisotopic (exact) mass is 439 g/mol. The van der Waals surface area contributed by atoms with Gasteiger partial charge in [0.1, 0.15) is 16.5 Å². The summed E-state index contributed by atoms with van der Waals surface area (Å²) >= 11 is 3.20. The zero-order valence-electron chi connectivity index (χ0n) is 16.6. The van der Waals surface area contributed by atoms with Crippen molar-refractivity contribution in [3.8, 4) is 22.0 Å². The van der Waals surface area contributed by atoms with Gasteiger partial charge in [0, 0.05) is 42.6 Å². The van der Waals surface area contributed by atoms with Gasteiger partial charge in [0.15, 0.2) is 0 Å². The van der Waals surface area contributed by atoms with E-state index in [4.69, 9.17) is 9.72 Å². The van der Waals surface area contributed by atoms with Gasteiger partial charge >= 0.3 is 0 Å². The average molecular weight is 440 g/mol. The van der Waals surface area contributed by atoms with Gasteiger partial charge in [-0.2, -0.15) is 0 Å². The Morgan fingerprint density at radius 1 is 1.23 bits per heavy atom. The minimum absolute atomic E-state index is 0.147. The first kappa shape index (κ1) is 19.3. The fourth-order valence-corrected chi connectivity index (χ4v) is 5.08. The van der Waals surface area contributed by atoms with Gasteiger partial charge in [0.2, 0.25) is 5.91 Å². The zero-order chi connectivity index (χ0) is 20.5. The van der Waals surface area contributed by atoms with Crippen LogP contribution in [-0.4, -0.2) is 57.0 Å². The summed E-state index contributed by atoms with van der Waals surface area (Å²) in [6, 6.07) is 6.22. The number of nitrogens with one attached hydrogen (secondary N) is 1. The molecule has 0 unspecified atom stereocenters. The number of morpholine rings is 1. The van der Waals surface area contributed by atoms with E-state index in [2.05, 4.69) is 27.1 Å². The molecule has 4 aromatic rings. The van der Waals surface area contributed by atoms with Gasteiger partial charge < -0.3 is 14.6 Å². The summed E-state index contributed by atoms with van der Waals surface area (Å²) in [6.45, 7) is 4.55. The van der Waals surface area contributed by atoms with E-state index < -0.39 is 0 Å². The van der Waals surface area contributed by atoms with E-state index in [0.29, 0.717) is 39.1 Å². The third-order valence-corrected chi connectivity index (χ3v) is 6.89. The number of nitrogens with zero attached hydrogens (tertiary/aromatic N) is 4. The number of imidazole rings is 1. The van der Waals surface area contributed by atoms with Gasteiger partial charge in [-0.15, -0.1) is 22.7 Å². The maximum Gasteiger partial charge on any atom is 0.223 e. The lowest BCUT2D eigenvalue weighted by molar-refractivity contribution is -0.135. The lowest BCUT2D eigenvalue weighted by atomic mass is 10.1. The Hall–Kier alpha value is -2.62. The third-order valence-electron chi connectivity index (χ3n) is 5.13. The highest BCUT2D eigenvalue weighted by molar-refractivity contribution is 7.16. The smallest absolute Gasteiger partial charge is 0.223 e. The van der Waals surface area contributed by atoms with Crippen molar-refractivity contribution < 1.29 is 9.53 Å². The molecule has 1 fully saturated rings. The quantitative estimate of drug-likeness (QED) is 0.510. The highest BCUT2D eigenvalue weighted by Gasteiger charge is 2.20. The van der Waals surface area contributed by atoms with Gasteiger partial charge in [0.05, 0.1) is 34.6 Å². The molecule has 1 N–H and O–H groups in total. The predicted octanol–water partition coefficient (Wildman–Crippen LogP) is 3.91. The van der Waals surface area contributed by atoms with Gasteiger partial charge in [-0.25, -0.2) is 15.0 Å². The van der Waals surface area contributed by atoms with Crippen molar-refractivity contribution in [2.45, 2.75) is 19.8 Å². The van der Waals surface area contributed by atoms with Crippen LogP contribution in [0.3, 0.4) is 0 Å². The lowest BCUT2D eigenvalue weighted by Crippen LogP contribution is -2.40. The summed E-state index contributed by atoms with van der Waals surface area (Å²) < 4.78 is 6.47. The first-order valence-corrected chi connectivity index (χ1v) is 11.6. The molecule has 0 spiro atoms. The molecular weight excluding hydrogens is 418 g/mol. The molecule has 0 saturated carbocycles. The minimum Gasteiger partial charge on any atom is -0.378 e. The van der Waals surface area contributed by atoms with Crippen molar-refractivity contribution in [2.24, 2.45) is 0 Å². The second kappa shape index (κ2) is 8.25. The van der Waals surface area contributed by atoms with E-state index in [-0.39, 0.29) is 5.91 Å². The number of fused-ring (bicyclic) bond motifs is 1. The van der Waals surface area contributed by atoms with Gasteiger partial charge in [-0.3, -0.25) is 4.79 Å². The maximum atomic E-state index is 12.5. The van der Waals surface area contributed by atoms with Crippen molar-refractivity contribution in [2.75, 3.05) is 26.3 Å². The number of carbonyl (C=O) groups excluding carboxylic acids is 1.